The summed E-state index contributed by atoms with van der Waals surface area (Å²) in [5.41, 5.74) is 0.121. The van der Waals surface area contributed by atoms with Gasteiger partial charge in [-0.15, -0.1) is 0 Å². The molecule has 1 spiro atoms. The number of rotatable bonds is 6. The van der Waals surface area contributed by atoms with E-state index < -0.39 is 11.6 Å². The highest BCUT2D eigenvalue weighted by atomic mass is 32.2. The van der Waals surface area contributed by atoms with Gasteiger partial charge in [0.25, 0.3) is 5.91 Å². The number of hydrogen-bond acceptors (Lipinski definition) is 5. The minimum atomic E-state index is -0.824. The average Bonchev–Trinajstić information content (AvgIpc) is 3.20. The van der Waals surface area contributed by atoms with Crippen LogP contribution in [-0.2, 0) is 9.59 Å². The Hall–Kier alpha value is -2.22. The number of carbonyl (C=O) groups excluding carboxylic acids is 3. The third-order valence-corrected chi connectivity index (χ3v) is 6.22. The Morgan fingerprint density at radius 2 is 2.04 bits per heavy atom. The zero-order valence-corrected chi connectivity index (χ0v) is 16.6. The number of imide groups is 1. The highest BCUT2D eigenvalue weighted by molar-refractivity contribution is 7.99. The summed E-state index contributed by atoms with van der Waals surface area (Å²) < 4.78 is 5.17. The van der Waals surface area contributed by atoms with E-state index in [1.807, 2.05) is 38.1 Å². The van der Waals surface area contributed by atoms with Crippen molar-refractivity contribution >= 4 is 29.6 Å². The highest BCUT2D eigenvalue weighted by Gasteiger charge is 2.53. The number of methoxy groups -OCH3 is 1. The molecule has 0 saturated carbocycles. The number of thioether (sulfide) groups is 1. The standard InChI is InChI=1S/C19H25N3O4S/c1-12(2)16(13-4-6-14(26-3)7-5-13)20-15(23)10-22-17(24)19(21-18(22)25)8-9-27-11-19/h4-7,12,16H,8-11H2,1-3H3,(H,20,23)(H,21,25). The van der Waals surface area contributed by atoms with Crippen LogP contribution >= 0.6 is 11.8 Å². The van der Waals surface area contributed by atoms with Crippen molar-refractivity contribution in [3.63, 3.8) is 0 Å². The van der Waals surface area contributed by atoms with Crippen LogP contribution in [-0.4, -0.2) is 53.4 Å². The normalized spacial score (nSPS) is 23.0. The molecule has 0 aliphatic carbocycles. The van der Waals surface area contributed by atoms with Crippen molar-refractivity contribution in [2.75, 3.05) is 25.2 Å². The first-order chi connectivity index (χ1) is 12.9. The monoisotopic (exact) mass is 391 g/mol. The predicted octanol–water partition coefficient (Wildman–Crippen LogP) is 1.94. The first kappa shape index (κ1) is 19.5. The molecule has 3 rings (SSSR count). The Kier molecular flexibility index (Phi) is 5.64. The van der Waals surface area contributed by atoms with Crippen LogP contribution in [0.3, 0.4) is 0 Å². The van der Waals surface area contributed by atoms with Crippen molar-refractivity contribution in [2.24, 2.45) is 5.92 Å². The molecule has 27 heavy (non-hydrogen) atoms. The Morgan fingerprint density at radius 1 is 1.33 bits per heavy atom. The number of ether oxygens (including phenoxy) is 1. The maximum absolute atomic E-state index is 12.7. The van der Waals surface area contributed by atoms with Crippen molar-refractivity contribution in [3.8, 4) is 5.75 Å². The summed E-state index contributed by atoms with van der Waals surface area (Å²) in [5, 5.41) is 5.74. The maximum atomic E-state index is 12.7. The molecule has 1 aromatic carbocycles. The van der Waals surface area contributed by atoms with Crippen molar-refractivity contribution in [1.82, 2.24) is 15.5 Å². The molecule has 2 aliphatic heterocycles. The van der Waals surface area contributed by atoms with Crippen LogP contribution in [0.5, 0.6) is 5.75 Å². The van der Waals surface area contributed by atoms with Crippen LogP contribution in [0.4, 0.5) is 4.79 Å². The molecular weight excluding hydrogens is 366 g/mol. The molecule has 0 aromatic heterocycles. The number of amides is 4. The lowest BCUT2D eigenvalue weighted by Gasteiger charge is -2.24. The highest BCUT2D eigenvalue weighted by Crippen LogP contribution is 2.33. The number of hydrogen-bond donors (Lipinski definition) is 2. The summed E-state index contributed by atoms with van der Waals surface area (Å²) in [6.07, 6.45) is 0.612. The van der Waals surface area contributed by atoms with Crippen LogP contribution in [0, 0.1) is 5.92 Å². The van der Waals surface area contributed by atoms with Crippen molar-refractivity contribution in [2.45, 2.75) is 31.8 Å². The summed E-state index contributed by atoms with van der Waals surface area (Å²) >= 11 is 1.64. The summed E-state index contributed by atoms with van der Waals surface area (Å²) in [4.78, 5) is 38.5. The van der Waals surface area contributed by atoms with E-state index in [0.29, 0.717) is 12.2 Å². The van der Waals surface area contributed by atoms with E-state index in [4.69, 9.17) is 4.74 Å². The number of urea groups is 1. The van der Waals surface area contributed by atoms with E-state index in [0.717, 1.165) is 22.0 Å². The number of benzene rings is 1. The molecule has 2 unspecified atom stereocenters. The predicted molar refractivity (Wildman–Crippen MR) is 104 cm³/mol. The number of nitrogens with one attached hydrogen (secondary N) is 2. The Morgan fingerprint density at radius 3 is 2.59 bits per heavy atom. The van der Waals surface area contributed by atoms with Gasteiger partial charge in [-0.1, -0.05) is 26.0 Å². The zero-order chi connectivity index (χ0) is 19.6. The number of nitrogens with zero attached hydrogens (tertiary/aromatic N) is 1. The third kappa shape index (κ3) is 3.90. The minimum Gasteiger partial charge on any atom is -0.497 e. The smallest absolute Gasteiger partial charge is 0.325 e. The fourth-order valence-corrected chi connectivity index (χ4v) is 4.79. The van der Waals surface area contributed by atoms with Gasteiger partial charge in [-0.05, 0) is 35.8 Å². The van der Waals surface area contributed by atoms with Crippen LogP contribution in [0.15, 0.2) is 24.3 Å². The Bertz CT molecular complexity index is 729. The van der Waals surface area contributed by atoms with E-state index >= 15 is 0 Å². The molecule has 0 bridgehead atoms. The quantitative estimate of drug-likeness (QED) is 0.724. The van der Waals surface area contributed by atoms with Crippen LogP contribution < -0.4 is 15.4 Å². The molecule has 2 heterocycles. The first-order valence-electron chi connectivity index (χ1n) is 9.01. The van der Waals surface area contributed by atoms with Crippen molar-refractivity contribution in [1.29, 1.82) is 0 Å². The lowest BCUT2D eigenvalue weighted by atomic mass is 9.96. The van der Waals surface area contributed by atoms with Gasteiger partial charge in [-0.25, -0.2) is 4.79 Å². The lowest BCUT2D eigenvalue weighted by Crippen LogP contribution is -2.48. The van der Waals surface area contributed by atoms with Gasteiger partial charge in [0.15, 0.2) is 0 Å². The van der Waals surface area contributed by atoms with Gasteiger partial charge >= 0.3 is 6.03 Å². The lowest BCUT2D eigenvalue weighted by molar-refractivity contribution is -0.134. The SMILES string of the molecule is COc1ccc(C(NC(=O)CN2C(=O)NC3(CCSC3)C2=O)C(C)C)cc1. The molecule has 2 atom stereocenters. The summed E-state index contributed by atoms with van der Waals surface area (Å²) in [5.74, 6) is 1.64. The van der Waals surface area contributed by atoms with Gasteiger partial charge in [-0.3, -0.25) is 14.5 Å². The number of carbonyl (C=O) groups is 3. The molecule has 2 N–H and O–H groups in total. The molecule has 1 aromatic rings. The molecule has 2 aliphatic rings. The largest absolute Gasteiger partial charge is 0.497 e. The van der Waals surface area contributed by atoms with Crippen LogP contribution in [0.25, 0.3) is 0 Å². The fourth-order valence-electron chi connectivity index (χ4n) is 3.46. The average molecular weight is 391 g/mol. The van der Waals surface area contributed by atoms with E-state index in [1.165, 1.54) is 0 Å². The molecule has 146 valence electrons. The van der Waals surface area contributed by atoms with Gasteiger partial charge in [-0.2, -0.15) is 11.8 Å². The van der Waals surface area contributed by atoms with Gasteiger partial charge in [0.05, 0.1) is 13.2 Å². The van der Waals surface area contributed by atoms with Gasteiger partial charge in [0.1, 0.15) is 17.8 Å². The fraction of sp³-hybridized carbons (Fsp3) is 0.526. The molecule has 2 saturated heterocycles. The van der Waals surface area contributed by atoms with E-state index in [2.05, 4.69) is 10.6 Å². The maximum Gasteiger partial charge on any atom is 0.325 e. The minimum absolute atomic E-state index is 0.142. The van der Waals surface area contributed by atoms with Crippen molar-refractivity contribution < 1.29 is 19.1 Å². The second kappa shape index (κ2) is 7.80. The second-order valence-corrected chi connectivity index (χ2v) is 8.37. The topological polar surface area (TPSA) is 87.7 Å². The van der Waals surface area contributed by atoms with Crippen molar-refractivity contribution in [3.05, 3.63) is 29.8 Å². The van der Waals surface area contributed by atoms with E-state index in [1.54, 1.807) is 18.9 Å². The molecule has 4 amide bonds. The molecule has 0 radical (unpaired) electrons. The third-order valence-electron chi connectivity index (χ3n) is 5.03. The molecule has 7 nitrogen and oxygen atoms in total. The summed E-state index contributed by atoms with van der Waals surface area (Å²) in [6, 6.07) is 6.79. The van der Waals surface area contributed by atoms with Crippen LogP contribution in [0.2, 0.25) is 0 Å². The van der Waals surface area contributed by atoms with Gasteiger partial charge in [0, 0.05) is 5.75 Å². The molecule has 8 heteroatoms. The first-order valence-corrected chi connectivity index (χ1v) is 10.2. The van der Waals surface area contributed by atoms with E-state index in [9.17, 15) is 14.4 Å². The Labute approximate surface area is 163 Å². The zero-order valence-electron chi connectivity index (χ0n) is 15.8. The Balaban J connectivity index is 1.67. The summed E-state index contributed by atoms with van der Waals surface area (Å²) in [6.45, 7) is 3.75. The molecule has 2 fully saturated rings. The summed E-state index contributed by atoms with van der Waals surface area (Å²) in [7, 11) is 1.60. The second-order valence-electron chi connectivity index (χ2n) is 7.27. The van der Waals surface area contributed by atoms with E-state index in [-0.39, 0.29) is 30.3 Å². The van der Waals surface area contributed by atoms with Crippen LogP contribution in [0.1, 0.15) is 31.9 Å². The molecular formula is C19H25N3O4S. The van der Waals surface area contributed by atoms with Gasteiger partial charge < -0.3 is 15.4 Å². The van der Waals surface area contributed by atoms with Gasteiger partial charge in [0.2, 0.25) is 5.91 Å².